The average Bonchev–Trinajstić information content (AvgIpc) is 3.13. The highest BCUT2D eigenvalue weighted by Crippen LogP contribution is 2.30. The highest BCUT2D eigenvalue weighted by Gasteiger charge is 2.21. The monoisotopic (exact) mass is 468 g/mol. The van der Waals surface area contributed by atoms with Gasteiger partial charge in [-0.2, -0.15) is 0 Å². The van der Waals surface area contributed by atoms with Crippen molar-refractivity contribution in [3.8, 4) is 0 Å². The van der Waals surface area contributed by atoms with Gasteiger partial charge in [-0.15, -0.1) is 0 Å². The van der Waals surface area contributed by atoms with E-state index in [4.69, 9.17) is 9.97 Å². The van der Waals surface area contributed by atoms with Crippen molar-refractivity contribution in [2.75, 3.05) is 18.8 Å². The Morgan fingerprint density at radius 1 is 1.14 bits per heavy atom. The summed E-state index contributed by atoms with van der Waals surface area (Å²) in [6.07, 6.45) is 2.19. The lowest BCUT2D eigenvalue weighted by molar-refractivity contribution is -0.129. The molecule has 4 aromatic rings. The highest BCUT2D eigenvalue weighted by atomic mass is 79.9. The Labute approximate surface area is 181 Å². The molecule has 0 radical (unpaired) electrons. The van der Waals surface area contributed by atoms with Gasteiger partial charge < -0.3 is 4.90 Å². The lowest BCUT2D eigenvalue weighted by atomic mass is 9.99. The van der Waals surface area contributed by atoms with Gasteiger partial charge in [-0.05, 0) is 49.1 Å². The molecule has 2 aromatic carbocycles. The summed E-state index contributed by atoms with van der Waals surface area (Å²) in [5.74, 6) is 1.30. The largest absolute Gasteiger partial charge is 0.342 e. The molecule has 0 spiro atoms. The number of aromatic nitrogens is 3. The number of hydrogen-bond donors (Lipinski definition) is 0. The van der Waals surface area contributed by atoms with Gasteiger partial charge in [-0.1, -0.05) is 46.7 Å². The highest BCUT2D eigenvalue weighted by molar-refractivity contribution is 9.10. The van der Waals surface area contributed by atoms with Crippen molar-refractivity contribution in [1.29, 1.82) is 0 Å². The van der Waals surface area contributed by atoms with Crippen LogP contribution in [0.3, 0.4) is 0 Å². The van der Waals surface area contributed by atoms with Gasteiger partial charge in [0.1, 0.15) is 5.65 Å². The molecule has 3 heterocycles. The fourth-order valence-electron chi connectivity index (χ4n) is 3.91. The summed E-state index contributed by atoms with van der Waals surface area (Å²) in [4.78, 5) is 24.5. The molecule has 148 valence electrons. The molecular weight excluding hydrogens is 448 g/mol. The van der Waals surface area contributed by atoms with E-state index in [1.54, 1.807) is 0 Å². The Bertz CT molecular complexity index is 1230. The molecule has 1 amide bonds. The molecule has 0 atom stereocenters. The minimum Gasteiger partial charge on any atom is -0.342 e. The van der Waals surface area contributed by atoms with E-state index in [1.807, 2.05) is 35.2 Å². The lowest BCUT2D eigenvalue weighted by Crippen LogP contribution is -2.38. The van der Waals surface area contributed by atoms with Gasteiger partial charge in [0.05, 0.1) is 22.3 Å². The van der Waals surface area contributed by atoms with Crippen molar-refractivity contribution in [3.05, 3.63) is 46.9 Å². The molecule has 0 aliphatic carbocycles. The third kappa shape index (κ3) is 3.51. The van der Waals surface area contributed by atoms with Crippen molar-refractivity contribution in [1.82, 2.24) is 19.3 Å². The molecule has 0 saturated carbocycles. The second-order valence-corrected chi connectivity index (χ2v) is 9.53. The number of benzene rings is 2. The first-order valence-electron chi connectivity index (χ1n) is 9.87. The van der Waals surface area contributed by atoms with Gasteiger partial charge in [-0.25, -0.2) is 9.97 Å². The van der Waals surface area contributed by atoms with E-state index in [0.717, 1.165) is 63.1 Å². The van der Waals surface area contributed by atoms with Crippen LogP contribution in [0.5, 0.6) is 0 Å². The normalized spacial score (nSPS) is 15.6. The fraction of sp³-hybridized carbons (Fsp3) is 0.318. The summed E-state index contributed by atoms with van der Waals surface area (Å²) in [5, 5.41) is 1.80. The molecule has 1 fully saturated rings. The van der Waals surface area contributed by atoms with E-state index in [0.29, 0.717) is 11.7 Å². The molecule has 7 heteroatoms. The standard InChI is InChI=1S/C22H21BrN4OS/c1-14-8-10-26(11-9-14)20(28)13-29-22-25-17-7-6-15(23)12-16(17)21-24-18-4-2-3-5-19(18)27(21)22/h2-7,12,14H,8-11,13H2,1H3. The number of halogens is 1. The number of likely N-dealkylation sites (tertiary alicyclic amines) is 1. The smallest absolute Gasteiger partial charge is 0.233 e. The van der Waals surface area contributed by atoms with Gasteiger partial charge in [0.15, 0.2) is 5.16 Å². The number of hydrogen-bond acceptors (Lipinski definition) is 4. The van der Waals surface area contributed by atoms with E-state index in [9.17, 15) is 4.79 Å². The SMILES string of the molecule is CC1CCN(C(=O)CSc2nc3ccc(Br)cc3c3nc4ccccc4n23)CC1. The number of piperidine rings is 1. The Hall–Kier alpha value is -2.12. The number of nitrogens with zero attached hydrogens (tertiary/aromatic N) is 4. The predicted octanol–water partition coefficient (Wildman–Crippen LogP) is 5.15. The van der Waals surface area contributed by atoms with E-state index >= 15 is 0 Å². The quantitative estimate of drug-likeness (QED) is 0.308. The van der Waals surface area contributed by atoms with Crippen molar-refractivity contribution in [2.24, 2.45) is 5.92 Å². The fourth-order valence-corrected chi connectivity index (χ4v) is 5.18. The van der Waals surface area contributed by atoms with Crippen LogP contribution in [0.4, 0.5) is 0 Å². The van der Waals surface area contributed by atoms with Gasteiger partial charge in [0.2, 0.25) is 5.91 Å². The van der Waals surface area contributed by atoms with Crippen LogP contribution in [0.2, 0.25) is 0 Å². The number of amides is 1. The Balaban J connectivity index is 1.55. The van der Waals surface area contributed by atoms with Crippen LogP contribution in [-0.4, -0.2) is 44.0 Å². The molecule has 2 aromatic heterocycles. The van der Waals surface area contributed by atoms with E-state index in [2.05, 4.69) is 39.4 Å². The number of rotatable bonds is 3. The van der Waals surface area contributed by atoms with E-state index < -0.39 is 0 Å². The predicted molar refractivity (Wildman–Crippen MR) is 121 cm³/mol. The van der Waals surface area contributed by atoms with E-state index in [1.165, 1.54) is 11.8 Å². The zero-order chi connectivity index (χ0) is 20.0. The summed E-state index contributed by atoms with van der Waals surface area (Å²) in [6.45, 7) is 3.99. The molecule has 5 rings (SSSR count). The Kier molecular flexibility index (Phi) is 4.95. The van der Waals surface area contributed by atoms with Crippen molar-refractivity contribution in [3.63, 3.8) is 0 Å². The maximum Gasteiger partial charge on any atom is 0.233 e. The molecule has 1 aliphatic rings. The molecule has 1 aliphatic heterocycles. The molecular formula is C22H21BrN4OS. The number of para-hydroxylation sites is 2. The third-order valence-electron chi connectivity index (χ3n) is 5.63. The third-order valence-corrected chi connectivity index (χ3v) is 7.05. The topological polar surface area (TPSA) is 50.5 Å². The number of fused-ring (bicyclic) bond motifs is 5. The van der Waals surface area contributed by atoms with Crippen LogP contribution >= 0.6 is 27.7 Å². The summed E-state index contributed by atoms with van der Waals surface area (Å²) in [7, 11) is 0. The lowest BCUT2D eigenvalue weighted by Gasteiger charge is -2.30. The van der Waals surface area contributed by atoms with Crippen LogP contribution in [0.25, 0.3) is 27.6 Å². The first-order valence-corrected chi connectivity index (χ1v) is 11.6. The second-order valence-electron chi connectivity index (χ2n) is 7.67. The van der Waals surface area contributed by atoms with Crippen LogP contribution in [0.1, 0.15) is 19.8 Å². The molecule has 0 unspecified atom stereocenters. The van der Waals surface area contributed by atoms with Crippen LogP contribution in [0, 0.1) is 5.92 Å². The molecule has 1 saturated heterocycles. The van der Waals surface area contributed by atoms with Crippen molar-refractivity contribution in [2.45, 2.75) is 24.9 Å². The van der Waals surface area contributed by atoms with Gasteiger partial charge in [0, 0.05) is 22.9 Å². The second kappa shape index (κ2) is 7.61. The van der Waals surface area contributed by atoms with Crippen LogP contribution < -0.4 is 0 Å². The van der Waals surface area contributed by atoms with Crippen molar-refractivity contribution >= 4 is 61.2 Å². The summed E-state index contributed by atoms with van der Waals surface area (Å²) >= 11 is 5.06. The van der Waals surface area contributed by atoms with Gasteiger partial charge >= 0.3 is 0 Å². The summed E-state index contributed by atoms with van der Waals surface area (Å²) < 4.78 is 3.08. The molecule has 0 bridgehead atoms. The molecule has 0 N–H and O–H groups in total. The zero-order valence-electron chi connectivity index (χ0n) is 16.1. The van der Waals surface area contributed by atoms with Crippen LogP contribution in [-0.2, 0) is 4.79 Å². The van der Waals surface area contributed by atoms with Crippen molar-refractivity contribution < 1.29 is 4.79 Å². The minimum atomic E-state index is 0.192. The molecule has 29 heavy (non-hydrogen) atoms. The maximum absolute atomic E-state index is 12.8. The first-order chi connectivity index (χ1) is 14.1. The first kappa shape index (κ1) is 18.9. The Morgan fingerprint density at radius 3 is 2.76 bits per heavy atom. The summed E-state index contributed by atoms with van der Waals surface area (Å²) in [5.41, 5.74) is 3.70. The van der Waals surface area contributed by atoms with Gasteiger partial charge in [0.25, 0.3) is 0 Å². The number of carbonyl (C=O) groups excluding carboxylic acids is 1. The minimum absolute atomic E-state index is 0.192. The number of carbonyl (C=O) groups is 1. The van der Waals surface area contributed by atoms with Crippen LogP contribution in [0.15, 0.2) is 52.1 Å². The number of thioether (sulfide) groups is 1. The average molecular weight is 469 g/mol. The summed E-state index contributed by atoms with van der Waals surface area (Å²) in [6, 6.07) is 14.1. The van der Waals surface area contributed by atoms with Gasteiger partial charge in [-0.3, -0.25) is 9.20 Å². The maximum atomic E-state index is 12.8. The van der Waals surface area contributed by atoms with E-state index in [-0.39, 0.29) is 5.91 Å². The molecule has 5 nitrogen and oxygen atoms in total. The zero-order valence-corrected chi connectivity index (χ0v) is 18.5. The number of imidazole rings is 1. The Morgan fingerprint density at radius 2 is 1.93 bits per heavy atom.